The second kappa shape index (κ2) is 16.7. The summed E-state index contributed by atoms with van der Waals surface area (Å²) in [4.78, 5) is 15.3. The van der Waals surface area contributed by atoms with E-state index in [9.17, 15) is 4.79 Å². The number of hydrogen-bond acceptors (Lipinski definition) is 4. The summed E-state index contributed by atoms with van der Waals surface area (Å²) in [7, 11) is 0. The molecule has 2 aliphatic rings. The van der Waals surface area contributed by atoms with Gasteiger partial charge in [-0.1, -0.05) is 88.8 Å². The van der Waals surface area contributed by atoms with Crippen LogP contribution in [0.4, 0.5) is 0 Å². The fourth-order valence-corrected chi connectivity index (χ4v) is 5.68. The normalized spacial score (nSPS) is 17.3. The van der Waals surface area contributed by atoms with Gasteiger partial charge in [-0.3, -0.25) is 4.79 Å². The molecule has 36 heavy (non-hydrogen) atoms. The number of carbonyl (C=O) groups excluding carboxylic acids is 1. The van der Waals surface area contributed by atoms with Gasteiger partial charge >= 0.3 is 5.97 Å². The Bertz CT molecular complexity index is 792. The van der Waals surface area contributed by atoms with Crippen molar-refractivity contribution in [3.8, 4) is 11.5 Å². The van der Waals surface area contributed by atoms with Crippen LogP contribution in [-0.4, -0.2) is 37.1 Å². The van der Waals surface area contributed by atoms with Gasteiger partial charge in [-0.05, 0) is 69.0 Å². The lowest BCUT2D eigenvalue weighted by Crippen LogP contribution is -2.43. The molecule has 0 aliphatic heterocycles. The fraction of sp³-hybridized carbons (Fsp3) is 0.581. The van der Waals surface area contributed by atoms with E-state index in [1.54, 1.807) is 0 Å². The number of benzene rings is 2. The quantitative estimate of drug-likeness (QED) is 0.315. The molecule has 4 nitrogen and oxygen atoms in total. The van der Waals surface area contributed by atoms with Crippen molar-refractivity contribution in [2.45, 2.75) is 78.1 Å². The lowest BCUT2D eigenvalue weighted by Gasteiger charge is -2.43. The summed E-state index contributed by atoms with van der Waals surface area (Å²) in [5.41, 5.74) is -0.137. The van der Waals surface area contributed by atoms with Gasteiger partial charge in [0.1, 0.15) is 18.1 Å². The van der Waals surface area contributed by atoms with Crippen LogP contribution in [0.25, 0.3) is 0 Å². The highest BCUT2D eigenvalue weighted by molar-refractivity contribution is 5.85. The van der Waals surface area contributed by atoms with Crippen molar-refractivity contribution in [3.05, 3.63) is 60.7 Å². The smallest absolute Gasteiger partial charge is 0.312 e. The molecule has 0 bridgehead atoms. The highest BCUT2D eigenvalue weighted by atomic mass is 35.5. The molecule has 2 aromatic rings. The molecular weight excluding hydrogens is 470 g/mol. The van der Waals surface area contributed by atoms with E-state index in [2.05, 4.69) is 18.7 Å². The van der Waals surface area contributed by atoms with Crippen LogP contribution in [-0.2, 0) is 9.53 Å². The van der Waals surface area contributed by atoms with Gasteiger partial charge in [-0.2, -0.15) is 0 Å². The SMILES string of the molecule is CCN(CC)CCOC(=O)C1(C2CCCCC2)CCCCC1.Cl.c1ccc(Oc2ccccc2)cc1. The topological polar surface area (TPSA) is 38.8 Å². The number of nitrogens with zero attached hydrogens (tertiary/aromatic N) is 1. The maximum atomic E-state index is 12.9. The Labute approximate surface area is 225 Å². The van der Waals surface area contributed by atoms with Crippen molar-refractivity contribution in [2.75, 3.05) is 26.2 Å². The number of ether oxygens (including phenoxy) is 2. The van der Waals surface area contributed by atoms with E-state index in [1.807, 2.05) is 60.7 Å². The number of rotatable bonds is 9. The molecule has 0 atom stereocenters. The number of para-hydroxylation sites is 2. The molecule has 0 N–H and O–H groups in total. The zero-order valence-electron chi connectivity index (χ0n) is 22.3. The van der Waals surface area contributed by atoms with Crippen LogP contribution in [0, 0.1) is 11.3 Å². The maximum absolute atomic E-state index is 12.9. The Morgan fingerprint density at radius 3 is 1.81 bits per heavy atom. The van der Waals surface area contributed by atoms with Gasteiger partial charge in [0.05, 0.1) is 5.41 Å². The molecule has 5 heteroatoms. The van der Waals surface area contributed by atoms with Gasteiger partial charge in [0.25, 0.3) is 0 Å². The Hall–Kier alpha value is -2.04. The van der Waals surface area contributed by atoms with E-state index in [0.717, 1.165) is 44.0 Å². The Kier molecular flexibility index (Phi) is 14.0. The van der Waals surface area contributed by atoms with Gasteiger partial charge in [0, 0.05) is 6.54 Å². The molecule has 0 aromatic heterocycles. The van der Waals surface area contributed by atoms with Gasteiger partial charge in [0.15, 0.2) is 0 Å². The summed E-state index contributed by atoms with van der Waals surface area (Å²) in [5.74, 6) is 2.45. The summed E-state index contributed by atoms with van der Waals surface area (Å²) in [6.07, 6.45) is 12.3. The molecule has 2 fully saturated rings. The molecule has 0 heterocycles. The lowest BCUT2D eigenvalue weighted by molar-refractivity contribution is -0.164. The standard InChI is InChI=1S/C19H35NO2.C12H10O.ClH/c1-3-20(4-2)15-16-22-18(21)19(13-9-6-10-14-19)17-11-7-5-8-12-17;1-3-7-11(8-4-1)13-12-9-5-2-6-10-12;/h17H,3-16H2,1-2H3;1-10H;1H. The van der Waals surface area contributed by atoms with Crippen molar-refractivity contribution in [2.24, 2.45) is 11.3 Å². The largest absolute Gasteiger partial charge is 0.464 e. The van der Waals surface area contributed by atoms with Gasteiger partial charge < -0.3 is 14.4 Å². The molecule has 0 amide bonds. The number of hydrogen-bond donors (Lipinski definition) is 0. The molecule has 4 rings (SSSR count). The predicted octanol–water partition coefficient (Wildman–Crippen LogP) is 8.30. The third-order valence-electron chi connectivity index (χ3n) is 7.80. The fourth-order valence-electron chi connectivity index (χ4n) is 5.68. The van der Waals surface area contributed by atoms with Crippen LogP contribution in [0.2, 0.25) is 0 Å². The molecule has 2 aromatic carbocycles. The highest BCUT2D eigenvalue weighted by Gasteiger charge is 2.47. The first-order valence-corrected chi connectivity index (χ1v) is 13.9. The minimum absolute atomic E-state index is 0. The highest BCUT2D eigenvalue weighted by Crippen LogP contribution is 2.49. The van der Waals surface area contributed by atoms with E-state index in [1.165, 1.54) is 51.4 Å². The Balaban J connectivity index is 0.000000278. The first-order chi connectivity index (χ1) is 17.2. The number of likely N-dealkylation sites (N-methyl/N-ethyl adjacent to an activating group) is 1. The molecule has 0 unspecified atom stereocenters. The molecule has 0 radical (unpaired) electrons. The molecular formula is C31H46ClNO3. The van der Waals surface area contributed by atoms with Gasteiger partial charge in [-0.25, -0.2) is 0 Å². The van der Waals surface area contributed by atoms with Crippen molar-refractivity contribution in [3.63, 3.8) is 0 Å². The Morgan fingerprint density at radius 1 is 0.806 bits per heavy atom. The summed E-state index contributed by atoms with van der Waals surface area (Å²) in [6, 6.07) is 19.5. The van der Waals surface area contributed by atoms with E-state index in [4.69, 9.17) is 9.47 Å². The predicted molar refractivity (Wildman–Crippen MR) is 151 cm³/mol. The summed E-state index contributed by atoms with van der Waals surface area (Å²) >= 11 is 0. The van der Waals surface area contributed by atoms with Gasteiger partial charge in [0.2, 0.25) is 0 Å². The average molecular weight is 516 g/mol. The third-order valence-corrected chi connectivity index (χ3v) is 7.80. The van der Waals surface area contributed by atoms with E-state index in [0.29, 0.717) is 12.5 Å². The molecule has 0 saturated heterocycles. The summed E-state index contributed by atoms with van der Waals surface area (Å²) in [5, 5.41) is 0. The molecule has 2 saturated carbocycles. The van der Waals surface area contributed by atoms with Crippen molar-refractivity contribution in [1.29, 1.82) is 0 Å². The van der Waals surface area contributed by atoms with Crippen molar-refractivity contribution in [1.82, 2.24) is 4.90 Å². The van der Waals surface area contributed by atoms with Crippen LogP contribution in [0.5, 0.6) is 11.5 Å². The molecule has 2 aliphatic carbocycles. The third kappa shape index (κ3) is 9.12. The zero-order chi connectivity index (χ0) is 24.8. The van der Waals surface area contributed by atoms with Crippen LogP contribution >= 0.6 is 12.4 Å². The first kappa shape index (κ1) is 30.2. The lowest BCUT2D eigenvalue weighted by atomic mass is 9.62. The average Bonchev–Trinajstić information content (AvgIpc) is 2.93. The van der Waals surface area contributed by atoms with Gasteiger partial charge in [-0.15, -0.1) is 12.4 Å². The van der Waals surface area contributed by atoms with Crippen LogP contribution < -0.4 is 4.74 Å². The second-order valence-corrected chi connectivity index (χ2v) is 9.94. The van der Waals surface area contributed by atoms with Crippen LogP contribution in [0.1, 0.15) is 78.1 Å². The summed E-state index contributed by atoms with van der Waals surface area (Å²) < 4.78 is 11.4. The number of esters is 1. The first-order valence-electron chi connectivity index (χ1n) is 13.9. The van der Waals surface area contributed by atoms with E-state index < -0.39 is 0 Å². The van der Waals surface area contributed by atoms with Crippen molar-refractivity contribution < 1.29 is 14.3 Å². The Morgan fingerprint density at radius 2 is 1.31 bits per heavy atom. The monoisotopic (exact) mass is 515 g/mol. The maximum Gasteiger partial charge on any atom is 0.312 e. The zero-order valence-corrected chi connectivity index (χ0v) is 23.1. The number of halogens is 1. The van der Waals surface area contributed by atoms with Crippen LogP contribution in [0.15, 0.2) is 60.7 Å². The second-order valence-electron chi connectivity index (χ2n) is 9.94. The minimum atomic E-state index is -0.137. The molecule has 200 valence electrons. The summed E-state index contributed by atoms with van der Waals surface area (Å²) in [6.45, 7) is 7.82. The van der Waals surface area contributed by atoms with Crippen LogP contribution in [0.3, 0.4) is 0 Å². The number of carbonyl (C=O) groups is 1. The van der Waals surface area contributed by atoms with E-state index >= 15 is 0 Å². The molecule has 0 spiro atoms. The van der Waals surface area contributed by atoms with Crippen molar-refractivity contribution >= 4 is 18.4 Å². The minimum Gasteiger partial charge on any atom is -0.464 e. The van der Waals surface area contributed by atoms with E-state index in [-0.39, 0.29) is 23.8 Å².